The lowest BCUT2D eigenvalue weighted by Gasteiger charge is -2.04. The Hall–Kier alpha value is -1.51. The molecule has 0 aromatic heterocycles. The second kappa shape index (κ2) is 13.9. The molecule has 0 amide bonds. The Balaban J connectivity index is 1.77. The van der Waals surface area contributed by atoms with E-state index in [0.29, 0.717) is 12.2 Å². The van der Waals surface area contributed by atoms with Crippen LogP contribution in [-0.2, 0) is 11.2 Å². The molecule has 0 aliphatic carbocycles. The van der Waals surface area contributed by atoms with Crippen LogP contribution in [0.15, 0.2) is 24.3 Å². The van der Waals surface area contributed by atoms with Crippen LogP contribution >= 0.6 is 0 Å². The lowest BCUT2D eigenvalue weighted by Crippen LogP contribution is -1.93. The molecule has 0 heterocycles. The summed E-state index contributed by atoms with van der Waals surface area (Å²) in [6, 6.07) is 7.55. The average molecular weight is 334 g/mol. The third-order valence-electron chi connectivity index (χ3n) is 4.54. The number of benzene rings is 1. The molecule has 1 aromatic carbocycles. The average Bonchev–Trinajstić information content (AvgIpc) is 2.56. The SMILES string of the molecule is O=C(O)CCCCCCCCCCCCCCc1ccc(O)cc1. The number of aliphatic carboxylic acids is 1. The molecule has 3 heteroatoms. The molecule has 1 rings (SSSR count). The topological polar surface area (TPSA) is 57.5 Å². The van der Waals surface area contributed by atoms with Crippen molar-refractivity contribution in [3.05, 3.63) is 29.8 Å². The first-order chi connectivity index (χ1) is 11.7. The fourth-order valence-electron chi connectivity index (χ4n) is 3.04. The lowest BCUT2D eigenvalue weighted by molar-refractivity contribution is -0.137. The highest BCUT2D eigenvalue weighted by Gasteiger charge is 1.97. The summed E-state index contributed by atoms with van der Waals surface area (Å²) in [5.41, 5.74) is 1.32. The molecule has 1 aromatic rings. The zero-order chi connectivity index (χ0) is 17.5. The molecular formula is C21H34O3. The van der Waals surface area contributed by atoms with Crippen molar-refractivity contribution in [1.82, 2.24) is 0 Å². The van der Waals surface area contributed by atoms with E-state index in [2.05, 4.69) is 0 Å². The van der Waals surface area contributed by atoms with Crippen LogP contribution in [0.2, 0.25) is 0 Å². The molecule has 24 heavy (non-hydrogen) atoms. The normalized spacial score (nSPS) is 10.8. The van der Waals surface area contributed by atoms with Gasteiger partial charge in [0.05, 0.1) is 0 Å². The quantitative estimate of drug-likeness (QED) is 0.381. The van der Waals surface area contributed by atoms with Crippen molar-refractivity contribution in [2.24, 2.45) is 0 Å². The summed E-state index contributed by atoms with van der Waals surface area (Å²) in [6.45, 7) is 0. The van der Waals surface area contributed by atoms with Crippen molar-refractivity contribution in [1.29, 1.82) is 0 Å². The van der Waals surface area contributed by atoms with Crippen LogP contribution in [0.1, 0.15) is 89.0 Å². The smallest absolute Gasteiger partial charge is 0.303 e. The van der Waals surface area contributed by atoms with E-state index >= 15 is 0 Å². The number of carboxylic acids is 1. The van der Waals surface area contributed by atoms with Gasteiger partial charge in [-0.15, -0.1) is 0 Å². The minimum Gasteiger partial charge on any atom is -0.508 e. The maximum absolute atomic E-state index is 10.4. The number of unbranched alkanes of at least 4 members (excludes halogenated alkanes) is 11. The van der Waals surface area contributed by atoms with Gasteiger partial charge in [-0.2, -0.15) is 0 Å². The van der Waals surface area contributed by atoms with Gasteiger partial charge in [0.15, 0.2) is 0 Å². The Bertz CT molecular complexity index is 425. The van der Waals surface area contributed by atoms with Crippen LogP contribution in [0, 0.1) is 0 Å². The van der Waals surface area contributed by atoms with Crippen LogP contribution in [0.25, 0.3) is 0 Å². The van der Waals surface area contributed by atoms with Crippen LogP contribution in [0.5, 0.6) is 5.75 Å². The Morgan fingerprint density at radius 3 is 1.54 bits per heavy atom. The maximum atomic E-state index is 10.4. The summed E-state index contributed by atoms with van der Waals surface area (Å²) >= 11 is 0. The zero-order valence-electron chi connectivity index (χ0n) is 15.0. The van der Waals surface area contributed by atoms with Crippen LogP contribution in [0.4, 0.5) is 0 Å². The molecule has 0 saturated heterocycles. The first-order valence-corrected chi connectivity index (χ1v) is 9.68. The van der Waals surface area contributed by atoms with E-state index in [4.69, 9.17) is 5.11 Å². The van der Waals surface area contributed by atoms with E-state index in [-0.39, 0.29) is 0 Å². The van der Waals surface area contributed by atoms with Gasteiger partial charge in [0.1, 0.15) is 5.75 Å². The maximum Gasteiger partial charge on any atom is 0.303 e. The highest BCUT2D eigenvalue weighted by molar-refractivity contribution is 5.66. The number of phenols is 1. The van der Waals surface area contributed by atoms with E-state index < -0.39 is 5.97 Å². The van der Waals surface area contributed by atoms with Crippen molar-refractivity contribution in [2.45, 2.75) is 89.9 Å². The van der Waals surface area contributed by atoms with Crippen LogP contribution in [0.3, 0.4) is 0 Å². The number of rotatable bonds is 15. The van der Waals surface area contributed by atoms with Crippen LogP contribution < -0.4 is 0 Å². The van der Waals surface area contributed by atoms with Crippen LogP contribution in [-0.4, -0.2) is 16.2 Å². The van der Waals surface area contributed by atoms with Gasteiger partial charge in [0.2, 0.25) is 0 Å². The number of carboxylic acid groups (broad SMARTS) is 1. The second-order valence-electron chi connectivity index (χ2n) is 6.80. The molecule has 0 spiro atoms. The molecule has 0 atom stereocenters. The van der Waals surface area contributed by atoms with Gasteiger partial charge in [-0.3, -0.25) is 4.79 Å². The minimum absolute atomic E-state index is 0.326. The fourth-order valence-corrected chi connectivity index (χ4v) is 3.04. The monoisotopic (exact) mass is 334 g/mol. The first-order valence-electron chi connectivity index (χ1n) is 9.68. The summed E-state index contributed by atoms with van der Waals surface area (Å²) in [5, 5.41) is 17.8. The lowest BCUT2D eigenvalue weighted by atomic mass is 10.0. The largest absolute Gasteiger partial charge is 0.508 e. The molecule has 136 valence electrons. The molecule has 0 aliphatic rings. The van der Waals surface area contributed by atoms with Gasteiger partial charge in [-0.1, -0.05) is 76.3 Å². The second-order valence-corrected chi connectivity index (χ2v) is 6.80. The standard InChI is InChI=1S/C21H34O3/c22-20-17-15-19(16-18-20)13-11-9-7-5-3-1-2-4-6-8-10-12-14-21(23)24/h15-18,22H,1-14H2,(H,23,24). The number of phenolic OH excluding ortho intramolecular Hbond substituents is 1. The highest BCUT2D eigenvalue weighted by atomic mass is 16.4. The van der Waals surface area contributed by atoms with Gasteiger partial charge in [-0.25, -0.2) is 0 Å². The van der Waals surface area contributed by atoms with Gasteiger partial charge < -0.3 is 10.2 Å². The molecule has 0 aliphatic heterocycles. The third-order valence-corrected chi connectivity index (χ3v) is 4.54. The van der Waals surface area contributed by atoms with Crippen molar-refractivity contribution < 1.29 is 15.0 Å². The first kappa shape index (κ1) is 20.5. The fraction of sp³-hybridized carbons (Fsp3) is 0.667. The predicted octanol–water partition coefficient (Wildman–Crippen LogP) is 6.09. The molecule has 0 unspecified atom stereocenters. The summed E-state index contributed by atoms with van der Waals surface area (Å²) < 4.78 is 0. The molecule has 0 radical (unpaired) electrons. The van der Waals surface area contributed by atoms with Crippen molar-refractivity contribution in [3.63, 3.8) is 0 Å². The third kappa shape index (κ3) is 12.0. The zero-order valence-corrected chi connectivity index (χ0v) is 15.0. The molecule has 3 nitrogen and oxygen atoms in total. The molecule has 0 fully saturated rings. The molecule has 0 saturated carbocycles. The van der Waals surface area contributed by atoms with E-state index in [0.717, 1.165) is 19.3 Å². The van der Waals surface area contributed by atoms with Crippen molar-refractivity contribution in [2.75, 3.05) is 0 Å². The van der Waals surface area contributed by atoms with Gasteiger partial charge >= 0.3 is 5.97 Å². The van der Waals surface area contributed by atoms with Crippen molar-refractivity contribution >= 4 is 5.97 Å². The Morgan fingerprint density at radius 2 is 1.08 bits per heavy atom. The van der Waals surface area contributed by atoms with E-state index in [1.54, 1.807) is 12.1 Å². The summed E-state index contributed by atoms with van der Waals surface area (Å²) in [5.74, 6) is -0.322. The number of hydrogen-bond donors (Lipinski definition) is 2. The van der Waals surface area contributed by atoms with Gasteiger partial charge in [0, 0.05) is 6.42 Å². The Morgan fingerprint density at radius 1 is 0.667 bits per heavy atom. The van der Waals surface area contributed by atoms with Gasteiger partial charge in [0.25, 0.3) is 0 Å². The number of carbonyl (C=O) groups is 1. The number of hydrogen-bond acceptors (Lipinski definition) is 2. The summed E-state index contributed by atoms with van der Waals surface area (Å²) in [6.07, 6.45) is 16.3. The highest BCUT2D eigenvalue weighted by Crippen LogP contribution is 2.15. The predicted molar refractivity (Wildman–Crippen MR) is 99.5 cm³/mol. The molecule has 2 N–H and O–H groups in total. The molecule has 0 bridgehead atoms. The Labute approximate surface area is 147 Å². The summed E-state index contributed by atoms with van der Waals surface area (Å²) in [7, 11) is 0. The summed E-state index contributed by atoms with van der Waals surface area (Å²) in [4.78, 5) is 10.4. The molecular weight excluding hydrogens is 300 g/mol. The minimum atomic E-state index is -0.668. The van der Waals surface area contributed by atoms with E-state index in [1.807, 2.05) is 12.1 Å². The van der Waals surface area contributed by atoms with Gasteiger partial charge in [-0.05, 0) is 37.0 Å². The van der Waals surface area contributed by atoms with E-state index in [9.17, 15) is 9.90 Å². The Kier molecular flexibility index (Phi) is 11.9. The van der Waals surface area contributed by atoms with E-state index in [1.165, 1.54) is 69.8 Å². The number of aryl methyl sites for hydroxylation is 1. The number of aromatic hydroxyl groups is 1. The van der Waals surface area contributed by atoms with Crippen molar-refractivity contribution in [3.8, 4) is 5.75 Å².